The Hall–Kier alpha value is -3.81. The first-order valence-electron chi connectivity index (χ1n) is 13.4. The van der Waals surface area contributed by atoms with E-state index >= 15 is 0 Å². The van der Waals surface area contributed by atoms with Crippen molar-refractivity contribution in [2.24, 2.45) is 11.8 Å². The number of aliphatic hydroxyl groups is 1. The van der Waals surface area contributed by atoms with Crippen molar-refractivity contribution in [1.29, 1.82) is 5.26 Å². The molecule has 2 saturated heterocycles. The maximum absolute atomic E-state index is 13.4. The summed E-state index contributed by atoms with van der Waals surface area (Å²) in [6, 6.07) is 4.47. The zero-order valence-corrected chi connectivity index (χ0v) is 25.2. The van der Waals surface area contributed by atoms with Gasteiger partial charge in [0.15, 0.2) is 6.19 Å². The Morgan fingerprint density at radius 1 is 1.30 bits per heavy atom. The maximum atomic E-state index is 13.4. The molecule has 2 fully saturated rings. The molecule has 43 heavy (non-hydrogen) atoms. The second kappa shape index (κ2) is 13.2. The maximum Gasteiger partial charge on any atom is 0.410 e. The number of ether oxygens (including phenoxy) is 1. The number of nitro benzene ring substituents is 1. The van der Waals surface area contributed by atoms with E-state index in [0.717, 1.165) is 4.90 Å². The van der Waals surface area contributed by atoms with Gasteiger partial charge in [0.1, 0.15) is 17.6 Å². The molecule has 3 aliphatic rings. The number of hydrogen-bond donors (Lipinski definition) is 2. The number of carbonyl (C=O) groups excluding carboxylic acids is 3. The number of carboxylic acids is 1. The molecule has 3 aliphatic heterocycles. The summed E-state index contributed by atoms with van der Waals surface area (Å²) in [6.07, 6.45) is 3.27. The number of nitriles is 1. The molecule has 0 aromatic heterocycles. The van der Waals surface area contributed by atoms with Gasteiger partial charge in [-0.3, -0.25) is 24.6 Å². The SMILES string of the molecule is CS[C@@H](C(=O)N(C)C#N)[C@@H]1C[C@H](SC2=C(C(=O)O)N3C(=O)[C@@H](CCO)[C@H]3[C@H]2C)CN1C(=O)OCc1ccc([N+](=O)[O-])cc1. The smallest absolute Gasteiger partial charge is 0.410 e. The molecule has 16 heteroatoms. The van der Waals surface area contributed by atoms with Crippen LogP contribution in [0.1, 0.15) is 25.3 Å². The van der Waals surface area contributed by atoms with Crippen LogP contribution in [-0.2, 0) is 25.7 Å². The van der Waals surface area contributed by atoms with E-state index in [4.69, 9.17) is 4.74 Å². The van der Waals surface area contributed by atoms with Gasteiger partial charge in [-0.15, -0.1) is 23.5 Å². The third kappa shape index (κ3) is 6.15. The monoisotopic (exact) mass is 633 g/mol. The van der Waals surface area contributed by atoms with Crippen LogP contribution >= 0.6 is 23.5 Å². The molecule has 230 valence electrons. The highest BCUT2D eigenvalue weighted by molar-refractivity contribution is 8.03. The van der Waals surface area contributed by atoms with Crippen LogP contribution in [0.25, 0.3) is 0 Å². The molecule has 4 rings (SSSR count). The first kappa shape index (κ1) is 32.1. The van der Waals surface area contributed by atoms with E-state index in [-0.39, 0.29) is 67.1 Å². The third-order valence-electron chi connectivity index (χ3n) is 7.98. The summed E-state index contributed by atoms with van der Waals surface area (Å²) in [7, 11) is 1.33. The molecule has 0 spiro atoms. The average Bonchev–Trinajstić information content (AvgIpc) is 3.51. The number of aliphatic hydroxyl groups excluding tert-OH is 1. The van der Waals surface area contributed by atoms with Crippen molar-refractivity contribution in [3.8, 4) is 6.19 Å². The number of benzene rings is 1. The molecule has 0 radical (unpaired) electrons. The summed E-state index contributed by atoms with van der Waals surface area (Å²) in [5.41, 5.74) is 0.312. The van der Waals surface area contributed by atoms with Gasteiger partial charge in [-0.25, -0.2) is 9.59 Å². The van der Waals surface area contributed by atoms with Gasteiger partial charge in [-0.2, -0.15) is 5.26 Å². The minimum absolute atomic E-state index is 0.0980. The van der Waals surface area contributed by atoms with Crippen molar-refractivity contribution in [3.05, 3.63) is 50.5 Å². The molecule has 0 saturated carbocycles. The van der Waals surface area contributed by atoms with Gasteiger partial charge in [0, 0.05) is 48.4 Å². The number of amides is 3. The Bertz CT molecular complexity index is 1380. The summed E-state index contributed by atoms with van der Waals surface area (Å²) in [5, 5.41) is 38.5. The Balaban J connectivity index is 1.57. The van der Waals surface area contributed by atoms with Crippen LogP contribution < -0.4 is 0 Å². The lowest BCUT2D eigenvalue weighted by molar-refractivity contribution is -0.384. The Morgan fingerprint density at radius 3 is 2.53 bits per heavy atom. The summed E-state index contributed by atoms with van der Waals surface area (Å²) in [5.74, 6) is -2.87. The quantitative estimate of drug-likeness (QED) is 0.119. The van der Waals surface area contributed by atoms with Gasteiger partial charge in [0.25, 0.3) is 11.6 Å². The topological polar surface area (TPSA) is 195 Å². The molecule has 3 amide bonds. The van der Waals surface area contributed by atoms with E-state index < -0.39 is 40.1 Å². The fourth-order valence-corrected chi connectivity index (χ4v) is 8.36. The summed E-state index contributed by atoms with van der Waals surface area (Å²) < 4.78 is 5.53. The number of nitro groups is 1. The molecule has 6 atom stereocenters. The normalized spacial score (nSPS) is 25.1. The Labute approximate surface area is 255 Å². The van der Waals surface area contributed by atoms with Gasteiger partial charge < -0.3 is 24.7 Å². The van der Waals surface area contributed by atoms with Crippen LogP contribution in [0.4, 0.5) is 10.5 Å². The van der Waals surface area contributed by atoms with E-state index in [2.05, 4.69) is 0 Å². The number of nitrogens with zero attached hydrogens (tertiary/aromatic N) is 5. The minimum Gasteiger partial charge on any atom is -0.477 e. The van der Waals surface area contributed by atoms with Crippen molar-refractivity contribution in [3.63, 3.8) is 0 Å². The number of non-ortho nitro benzene ring substituents is 1. The number of hydrogen-bond acceptors (Lipinski definition) is 11. The standard InChI is InChI=1S/C27H31N5O9S2/c1-14-20-18(8-9-33)24(34)31(20)21(26(36)37)22(14)43-17-10-19(23(42-3)25(35)29(2)13-28)30(11-17)27(38)41-12-15-4-6-16(7-5-15)32(39)40/h4-7,14,17-20,23,33H,8-12H2,1-3H3,(H,36,37)/t14-,17+,18+,19+,20-,23-/m1/s1. The molecule has 1 aromatic carbocycles. The predicted molar refractivity (Wildman–Crippen MR) is 155 cm³/mol. The minimum atomic E-state index is -1.24. The molecule has 0 aliphatic carbocycles. The first-order valence-corrected chi connectivity index (χ1v) is 15.6. The highest BCUT2D eigenvalue weighted by atomic mass is 32.2. The molecular weight excluding hydrogens is 602 g/mol. The van der Waals surface area contributed by atoms with E-state index in [1.807, 2.05) is 6.92 Å². The van der Waals surface area contributed by atoms with Crippen LogP contribution in [0.2, 0.25) is 0 Å². The second-order valence-electron chi connectivity index (χ2n) is 10.5. The van der Waals surface area contributed by atoms with Crippen LogP contribution in [-0.4, -0.2) is 103 Å². The molecule has 0 unspecified atom stereocenters. The molecule has 0 bridgehead atoms. The average molecular weight is 634 g/mol. The highest BCUT2D eigenvalue weighted by Crippen LogP contribution is 2.52. The van der Waals surface area contributed by atoms with Crippen molar-refractivity contribution >= 4 is 53.1 Å². The number of aliphatic carboxylic acids is 1. The van der Waals surface area contributed by atoms with Crippen LogP contribution in [0, 0.1) is 33.4 Å². The zero-order chi connectivity index (χ0) is 31.6. The second-order valence-corrected chi connectivity index (χ2v) is 12.8. The fraction of sp³-hybridized carbons (Fsp3) is 0.519. The lowest BCUT2D eigenvalue weighted by atomic mass is 9.80. The molecule has 3 heterocycles. The van der Waals surface area contributed by atoms with Crippen LogP contribution in [0.15, 0.2) is 34.9 Å². The number of fused-ring (bicyclic) bond motifs is 1. The van der Waals surface area contributed by atoms with Gasteiger partial charge >= 0.3 is 12.1 Å². The lowest BCUT2D eigenvalue weighted by Gasteiger charge is -2.45. The largest absolute Gasteiger partial charge is 0.477 e. The lowest BCUT2D eigenvalue weighted by Crippen LogP contribution is -2.60. The van der Waals surface area contributed by atoms with E-state index in [1.165, 1.54) is 64.6 Å². The first-order chi connectivity index (χ1) is 20.4. The predicted octanol–water partition coefficient (Wildman–Crippen LogP) is 2.23. The number of carbonyl (C=O) groups is 4. The van der Waals surface area contributed by atoms with Crippen LogP contribution in [0.5, 0.6) is 0 Å². The van der Waals surface area contributed by atoms with Crippen molar-refractivity contribution in [2.45, 2.75) is 49.0 Å². The van der Waals surface area contributed by atoms with Crippen molar-refractivity contribution < 1.29 is 39.1 Å². The number of rotatable bonds is 11. The number of β-lactam (4-membered cyclic amide) rings is 1. The van der Waals surface area contributed by atoms with E-state index in [0.29, 0.717) is 10.5 Å². The summed E-state index contributed by atoms with van der Waals surface area (Å²) in [4.78, 5) is 66.0. The number of carboxylic acid groups (broad SMARTS) is 1. The van der Waals surface area contributed by atoms with Gasteiger partial charge in [-0.05, 0) is 36.8 Å². The molecule has 2 N–H and O–H groups in total. The summed E-state index contributed by atoms with van der Waals surface area (Å²) in [6.45, 7) is 1.58. The Morgan fingerprint density at radius 2 is 1.98 bits per heavy atom. The molecular formula is C27H31N5O9S2. The van der Waals surface area contributed by atoms with Gasteiger partial charge in [0.05, 0.1) is 22.9 Å². The van der Waals surface area contributed by atoms with Gasteiger partial charge in [-0.1, -0.05) is 6.92 Å². The van der Waals surface area contributed by atoms with Crippen molar-refractivity contribution in [1.82, 2.24) is 14.7 Å². The Kier molecular flexibility index (Phi) is 9.88. The summed E-state index contributed by atoms with van der Waals surface area (Å²) >= 11 is 2.44. The highest BCUT2D eigenvalue weighted by Gasteiger charge is 2.58. The molecule has 1 aromatic rings. The van der Waals surface area contributed by atoms with Gasteiger partial charge in [0.2, 0.25) is 5.91 Å². The number of likely N-dealkylation sites (tertiary alicyclic amines) is 1. The third-order valence-corrected chi connectivity index (χ3v) is 10.5. The van der Waals surface area contributed by atoms with Crippen LogP contribution in [0.3, 0.4) is 0 Å². The zero-order valence-electron chi connectivity index (χ0n) is 23.6. The fourth-order valence-electron chi connectivity index (χ4n) is 5.89. The number of thioether (sulfide) groups is 2. The molecule has 14 nitrogen and oxygen atoms in total. The van der Waals surface area contributed by atoms with Crippen molar-refractivity contribution in [2.75, 3.05) is 26.5 Å². The van der Waals surface area contributed by atoms with E-state index in [1.54, 1.807) is 12.4 Å². The van der Waals surface area contributed by atoms with E-state index in [9.17, 15) is 44.8 Å².